The summed E-state index contributed by atoms with van der Waals surface area (Å²) in [6.45, 7) is 7.48. The Morgan fingerprint density at radius 2 is 2.19 bits per heavy atom. The zero-order chi connectivity index (χ0) is 12.2. The molecule has 4 nitrogen and oxygen atoms in total. The Bertz CT molecular complexity index is 395. The molecule has 0 aliphatic heterocycles. The fourth-order valence-corrected chi connectivity index (χ4v) is 1.50. The maximum absolute atomic E-state index is 11.5. The number of hydrogen-bond acceptors (Lipinski definition) is 3. The van der Waals surface area contributed by atoms with Crippen LogP contribution in [0.3, 0.4) is 0 Å². The number of aryl methyl sites for hydroxylation is 2. The fourth-order valence-electron chi connectivity index (χ4n) is 1.50. The van der Waals surface area contributed by atoms with Crippen LogP contribution >= 0.6 is 0 Å². The van der Waals surface area contributed by atoms with Crippen molar-refractivity contribution in [2.45, 2.75) is 40.2 Å². The summed E-state index contributed by atoms with van der Waals surface area (Å²) < 4.78 is 1.51. The third-order valence-corrected chi connectivity index (χ3v) is 2.78. The van der Waals surface area contributed by atoms with Crippen LogP contribution in [0.15, 0.2) is 17.1 Å². The smallest absolute Gasteiger partial charge is 0.266 e. The lowest BCUT2D eigenvalue weighted by molar-refractivity contribution is 0.322. The van der Waals surface area contributed by atoms with Crippen molar-refractivity contribution in [3.63, 3.8) is 0 Å². The number of hydrogen-bond donors (Lipinski definition) is 1. The minimum atomic E-state index is -0.0226. The molecule has 1 heterocycles. The Balaban J connectivity index is 2.53. The Labute approximate surface area is 96.5 Å². The minimum absolute atomic E-state index is 0.0226. The van der Waals surface area contributed by atoms with Crippen molar-refractivity contribution < 1.29 is 0 Å². The molecule has 0 saturated carbocycles. The van der Waals surface area contributed by atoms with E-state index in [2.05, 4.69) is 18.9 Å². The van der Waals surface area contributed by atoms with Gasteiger partial charge in [-0.05, 0) is 37.3 Å². The van der Waals surface area contributed by atoms with Crippen molar-refractivity contribution in [3.8, 4) is 0 Å². The lowest BCUT2D eigenvalue weighted by atomic mass is 9.88. The topological polar surface area (TPSA) is 60.9 Å². The molecule has 0 fully saturated rings. The first-order valence-corrected chi connectivity index (χ1v) is 5.68. The predicted molar refractivity (Wildman–Crippen MR) is 65.3 cm³/mol. The van der Waals surface area contributed by atoms with Gasteiger partial charge in [-0.3, -0.25) is 4.79 Å². The second-order valence-electron chi connectivity index (χ2n) is 5.07. The Hall–Kier alpha value is -1.16. The second kappa shape index (κ2) is 5.25. The standard InChI is InChI=1S/C12H21N3O/c1-10-7-11(16)15(14-8-10)6-4-5-12(2,3)9-13/h7-8H,4-6,9,13H2,1-3H3. The molecular weight excluding hydrogens is 202 g/mol. The first-order valence-electron chi connectivity index (χ1n) is 5.68. The maximum atomic E-state index is 11.5. The van der Waals surface area contributed by atoms with Crippen LogP contribution in [0.2, 0.25) is 0 Å². The average Bonchev–Trinajstić information content (AvgIpc) is 2.21. The highest BCUT2D eigenvalue weighted by atomic mass is 16.1. The zero-order valence-electron chi connectivity index (χ0n) is 10.4. The largest absolute Gasteiger partial charge is 0.330 e. The summed E-state index contributed by atoms with van der Waals surface area (Å²) >= 11 is 0. The van der Waals surface area contributed by atoms with Crippen molar-refractivity contribution in [3.05, 3.63) is 28.2 Å². The van der Waals surface area contributed by atoms with Gasteiger partial charge in [-0.1, -0.05) is 13.8 Å². The van der Waals surface area contributed by atoms with Gasteiger partial charge in [0.15, 0.2) is 0 Å². The van der Waals surface area contributed by atoms with Gasteiger partial charge in [0.05, 0.1) is 6.20 Å². The van der Waals surface area contributed by atoms with Crippen molar-refractivity contribution in [1.82, 2.24) is 9.78 Å². The number of rotatable bonds is 5. The summed E-state index contributed by atoms with van der Waals surface area (Å²) in [5, 5.41) is 4.10. The third-order valence-electron chi connectivity index (χ3n) is 2.78. The van der Waals surface area contributed by atoms with Crippen molar-refractivity contribution in [2.75, 3.05) is 6.54 Å². The lowest BCUT2D eigenvalue weighted by Gasteiger charge is -2.21. The third kappa shape index (κ3) is 3.77. The molecule has 0 aliphatic carbocycles. The van der Waals surface area contributed by atoms with E-state index in [1.54, 1.807) is 12.3 Å². The highest BCUT2D eigenvalue weighted by Gasteiger charge is 2.14. The molecule has 1 aromatic rings. The molecule has 2 N–H and O–H groups in total. The highest BCUT2D eigenvalue weighted by molar-refractivity contribution is 5.02. The van der Waals surface area contributed by atoms with E-state index in [4.69, 9.17) is 5.73 Å². The van der Waals surface area contributed by atoms with Gasteiger partial charge in [0.25, 0.3) is 5.56 Å². The Morgan fingerprint density at radius 1 is 1.50 bits per heavy atom. The van der Waals surface area contributed by atoms with E-state index < -0.39 is 0 Å². The Kier molecular flexibility index (Phi) is 4.24. The molecule has 0 aromatic carbocycles. The predicted octanol–water partition coefficient (Wildman–Crippen LogP) is 1.32. The molecule has 4 heteroatoms. The van der Waals surface area contributed by atoms with E-state index in [9.17, 15) is 4.79 Å². The second-order valence-corrected chi connectivity index (χ2v) is 5.07. The molecule has 0 unspecified atom stereocenters. The van der Waals surface area contributed by atoms with Crippen LogP contribution < -0.4 is 11.3 Å². The van der Waals surface area contributed by atoms with Gasteiger partial charge in [-0.2, -0.15) is 5.10 Å². The van der Waals surface area contributed by atoms with Gasteiger partial charge in [-0.25, -0.2) is 4.68 Å². The zero-order valence-corrected chi connectivity index (χ0v) is 10.4. The highest BCUT2D eigenvalue weighted by Crippen LogP contribution is 2.20. The summed E-state index contributed by atoms with van der Waals surface area (Å²) in [4.78, 5) is 11.5. The molecule has 0 amide bonds. The molecule has 1 aromatic heterocycles. The molecule has 0 bridgehead atoms. The molecular formula is C12H21N3O. The van der Waals surface area contributed by atoms with Gasteiger partial charge in [0, 0.05) is 12.6 Å². The summed E-state index contributed by atoms with van der Waals surface area (Å²) in [5.41, 5.74) is 6.68. The quantitative estimate of drug-likeness (QED) is 0.819. The minimum Gasteiger partial charge on any atom is -0.330 e. The van der Waals surface area contributed by atoms with Crippen LogP contribution in [0, 0.1) is 12.3 Å². The molecule has 1 rings (SSSR count). The van der Waals surface area contributed by atoms with Crippen molar-refractivity contribution >= 4 is 0 Å². The number of nitrogens with two attached hydrogens (primary N) is 1. The van der Waals surface area contributed by atoms with E-state index in [1.807, 2.05) is 6.92 Å². The SMILES string of the molecule is Cc1cnn(CCCC(C)(C)CN)c(=O)c1. The molecule has 90 valence electrons. The van der Waals surface area contributed by atoms with Crippen LogP contribution in [0.1, 0.15) is 32.3 Å². The molecule has 0 spiro atoms. The first-order chi connectivity index (χ1) is 7.44. The monoisotopic (exact) mass is 223 g/mol. The van der Waals surface area contributed by atoms with E-state index in [-0.39, 0.29) is 11.0 Å². The summed E-state index contributed by atoms with van der Waals surface area (Å²) in [7, 11) is 0. The van der Waals surface area contributed by atoms with Gasteiger partial charge in [0.1, 0.15) is 0 Å². The summed E-state index contributed by atoms with van der Waals surface area (Å²) in [5.74, 6) is 0. The molecule has 0 radical (unpaired) electrons. The number of aromatic nitrogens is 2. The van der Waals surface area contributed by atoms with E-state index in [1.165, 1.54) is 4.68 Å². The van der Waals surface area contributed by atoms with Gasteiger partial charge < -0.3 is 5.73 Å². The van der Waals surface area contributed by atoms with E-state index >= 15 is 0 Å². The van der Waals surface area contributed by atoms with Gasteiger partial charge in [-0.15, -0.1) is 0 Å². The molecule has 16 heavy (non-hydrogen) atoms. The van der Waals surface area contributed by atoms with Gasteiger partial charge in [0.2, 0.25) is 0 Å². The van der Waals surface area contributed by atoms with Gasteiger partial charge >= 0.3 is 0 Å². The normalized spacial score (nSPS) is 11.8. The van der Waals surface area contributed by atoms with Crippen molar-refractivity contribution in [2.24, 2.45) is 11.1 Å². The molecule has 0 aliphatic rings. The van der Waals surface area contributed by atoms with Crippen LogP contribution in [-0.2, 0) is 6.54 Å². The first kappa shape index (κ1) is 12.9. The maximum Gasteiger partial charge on any atom is 0.266 e. The molecule has 0 atom stereocenters. The summed E-state index contributed by atoms with van der Waals surface area (Å²) in [6.07, 6.45) is 3.65. The summed E-state index contributed by atoms with van der Waals surface area (Å²) in [6, 6.07) is 1.61. The molecule has 0 saturated heterocycles. The van der Waals surface area contributed by atoms with E-state index in [0.717, 1.165) is 18.4 Å². The average molecular weight is 223 g/mol. The van der Waals surface area contributed by atoms with Crippen LogP contribution in [0.5, 0.6) is 0 Å². The van der Waals surface area contributed by atoms with Crippen molar-refractivity contribution in [1.29, 1.82) is 0 Å². The number of nitrogens with zero attached hydrogens (tertiary/aromatic N) is 2. The van der Waals surface area contributed by atoms with Crippen LogP contribution in [0.25, 0.3) is 0 Å². The lowest BCUT2D eigenvalue weighted by Crippen LogP contribution is -2.26. The fraction of sp³-hybridized carbons (Fsp3) is 0.667. The van der Waals surface area contributed by atoms with Crippen LogP contribution in [-0.4, -0.2) is 16.3 Å². The van der Waals surface area contributed by atoms with E-state index in [0.29, 0.717) is 13.1 Å². The van der Waals surface area contributed by atoms with Crippen LogP contribution in [0.4, 0.5) is 0 Å². The Morgan fingerprint density at radius 3 is 2.75 bits per heavy atom.